The van der Waals surface area contributed by atoms with Crippen molar-refractivity contribution in [2.75, 3.05) is 7.11 Å². The topological polar surface area (TPSA) is 21.3 Å². The predicted octanol–water partition coefficient (Wildman–Crippen LogP) is 2.96. The van der Waals surface area contributed by atoms with Gasteiger partial charge in [0.05, 0.1) is 6.10 Å². The van der Waals surface area contributed by atoms with Crippen molar-refractivity contribution in [2.24, 2.45) is 0 Å². The van der Waals surface area contributed by atoms with Crippen molar-refractivity contribution >= 4 is 11.6 Å². The first-order valence-corrected chi connectivity index (χ1v) is 7.20. The number of fused-ring (bicyclic) bond motifs is 1. The molecule has 0 aliphatic heterocycles. The van der Waals surface area contributed by atoms with Crippen LogP contribution in [-0.4, -0.2) is 25.3 Å². The summed E-state index contributed by atoms with van der Waals surface area (Å²) in [6.07, 6.45) is 6.34. The molecule has 0 spiro atoms. The monoisotopic (exact) mass is 265 g/mol. The summed E-state index contributed by atoms with van der Waals surface area (Å²) < 4.78 is 5.55. The predicted molar refractivity (Wildman–Crippen MR) is 74.2 cm³/mol. The van der Waals surface area contributed by atoms with E-state index in [1.165, 1.54) is 30.4 Å². The maximum atomic E-state index is 6.05. The van der Waals surface area contributed by atoms with Crippen molar-refractivity contribution < 1.29 is 4.74 Å². The van der Waals surface area contributed by atoms with Crippen LogP contribution in [0, 0.1) is 0 Å². The lowest BCUT2D eigenvalue weighted by molar-refractivity contribution is 0.0816. The maximum absolute atomic E-state index is 6.05. The van der Waals surface area contributed by atoms with Gasteiger partial charge in [-0.15, -0.1) is 0 Å². The largest absolute Gasteiger partial charge is 0.380 e. The summed E-state index contributed by atoms with van der Waals surface area (Å²) in [6.45, 7) is 0. The van der Waals surface area contributed by atoms with Crippen LogP contribution >= 0.6 is 11.6 Å². The zero-order valence-electron chi connectivity index (χ0n) is 10.8. The second-order valence-electron chi connectivity index (χ2n) is 5.50. The van der Waals surface area contributed by atoms with Gasteiger partial charge in [-0.25, -0.2) is 0 Å². The molecular weight excluding hydrogens is 246 g/mol. The Balaban J connectivity index is 1.64. The molecule has 0 radical (unpaired) electrons. The number of rotatable bonds is 3. The van der Waals surface area contributed by atoms with Gasteiger partial charge in [0.25, 0.3) is 0 Å². The third-order valence-corrected chi connectivity index (χ3v) is 4.54. The lowest BCUT2D eigenvalue weighted by Gasteiger charge is -2.23. The molecule has 2 aliphatic rings. The highest BCUT2D eigenvalue weighted by Gasteiger charge is 2.31. The quantitative estimate of drug-likeness (QED) is 0.907. The molecule has 1 aromatic carbocycles. The van der Waals surface area contributed by atoms with E-state index in [4.69, 9.17) is 16.3 Å². The van der Waals surface area contributed by atoms with Gasteiger partial charge in [-0.1, -0.05) is 17.7 Å². The molecule has 0 amide bonds. The summed E-state index contributed by atoms with van der Waals surface area (Å²) in [7, 11) is 1.83. The summed E-state index contributed by atoms with van der Waals surface area (Å²) in [4.78, 5) is 0. The van der Waals surface area contributed by atoms with Crippen molar-refractivity contribution in [1.82, 2.24) is 5.32 Å². The lowest BCUT2D eigenvalue weighted by Crippen LogP contribution is -2.43. The molecule has 18 heavy (non-hydrogen) atoms. The lowest BCUT2D eigenvalue weighted by atomic mass is 10.1. The van der Waals surface area contributed by atoms with Crippen LogP contribution in [0.3, 0.4) is 0 Å². The molecule has 0 saturated heterocycles. The van der Waals surface area contributed by atoms with Crippen molar-refractivity contribution in [3.05, 3.63) is 34.3 Å². The summed E-state index contributed by atoms with van der Waals surface area (Å²) in [6, 6.07) is 7.36. The van der Waals surface area contributed by atoms with E-state index in [1.807, 2.05) is 13.2 Å². The molecular formula is C15H20ClNO. The Morgan fingerprint density at radius 2 is 2.06 bits per heavy atom. The van der Waals surface area contributed by atoms with Crippen molar-refractivity contribution in [3.8, 4) is 0 Å². The Hall–Kier alpha value is -0.570. The van der Waals surface area contributed by atoms with E-state index in [9.17, 15) is 0 Å². The normalized spacial score (nSPS) is 30.7. The number of nitrogens with one attached hydrogen (secondary N) is 1. The van der Waals surface area contributed by atoms with E-state index in [-0.39, 0.29) is 0 Å². The van der Waals surface area contributed by atoms with Gasteiger partial charge in [0, 0.05) is 24.2 Å². The molecule has 3 rings (SSSR count). The van der Waals surface area contributed by atoms with Gasteiger partial charge < -0.3 is 10.1 Å². The number of hydrogen-bond acceptors (Lipinski definition) is 2. The zero-order valence-corrected chi connectivity index (χ0v) is 11.5. The Bertz CT molecular complexity index is 435. The van der Waals surface area contributed by atoms with E-state index in [1.54, 1.807) is 0 Å². The number of hydrogen-bond donors (Lipinski definition) is 1. The number of methoxy groups -OCH3 is 1. The van der Waals surface area contributed by atoms with E-state index in [0.717, 1.165) is 17.9 Å². The van der Waals surface area contributed by atoms with Crippen molar-refractivity contribution in [3.63, 3.8) is 0 Å². The fourth-order valence-electron chi connectivity index (χ4n) is 3.41. The maximum Gasteiger partial charge on any atom is 0.0724 e. The number of ether oxygens (including phenoxy) is 1. The van der Waals surface area contributed by atoms with Crippen LogP contribution < -0.4 is 5.32 Å². The minimum absolute atomic E-state index is 0.400. The molecule has 3 heteroatoms. The Morgan fingerprint density at radius 1 is 1.22 bits per heavy atom. The molecule has 98 valence electrons. The van der Waals surface area contributed by atoms with Gasteiger partial charge in [-0.3, -0.25) is 0 Å². The molecule has 1 N–H and O–H groups in total. The summed E-state index contributed by atoms with van der Waals surface area (Å²) in [5, 5.41) is 4.63. The van der Waals surface area contributed by atoms with Crippen molar-refractivity contribution in [2.45, 2.75) is 50.3 Å². The highest BCUT2D eigenvalue weighted by Crippen LogP contribution is 2.28. The zero-order chi connectivity index (χ0) is 12.5. The number of benzene rings is 1. The summed E-state index contributed by atoms with van der Waals surface area (Å²) in [5.41, 5.74) is 2.86. The van der Waals surface area contributed by atoms with E-state index in [0.29, 0.717) is 18.2 Å². The molecule has 1 fully saturated rings. The Morgan fingerprint density at radius 3 is 2.89 bits per heavy atom. The first-order chi connectivity index (χ1) is 8.76. The first kappa shape index (κ1) is 12.5. The van der Waals surface area contributed by atoms with Gasteiger partial charge in [-0.2, -0.15) is 0 Å². The van der Waals surface area contributed by atoms with Gasteiger partial charge in [0.2, 0.25) is 0 Å². The van der Waals surface area contributed by atoms with E-state index >= 15 is 0 Å². The molecule has 1 aromatic rings. The van der Waals surface area contributed by atoms with E-state index < -0.39 is 0 Å². The second-order valence-corrected chi connectivity index (χ2v) is 5.93. The molecule has 1 saturated carbocycles. The van der Waals surface area contributed by atoms with Crippen LogP contribution in [0.25, 0.3) is 0 Å². The van der Waals surface area contributed by atoms with Crippen LogP contribution in [0.2, 0.25) is 5.02 Å². The van der Waals surface area contributed by atoms with Gasteiger partial charge in [-0.05, 0) is 55.4 Å². The molecule has 3 atom stereocenters. The van der Waals surface area contributed by atoms with Crippen LogP contribution in [0.15, 0.2) is 18.2 Å². The third-order valence-electron chi connectivity index (χ3n) is 4.31. The average molecular weight is 266 g/mol. The summed E-state index contributed by atoms with van der Waals surface area (Å²) in [5.74, 6) is 0. The first-order valence-electron chi connectivity index (χ1n) is 6.82. The fraction of sp³-hybridized carbons (Fsp3) is 0.600. The standard InChI is InChI=1S/C15H20ClNO/c1-18-15-4-2-3-14(15)17-13-8-10-5-6-12(16)7-11(10)9-13/h5-7,13-15,17H,2-4,8-9H2,1H3. The molecule has 2 aliphatic carbocycles. The van der Waals surface area contributed by atoms with Crippen LogP contribution in [0.1, 0.15) is 30.4 Å². The van der Waals surface area contributed by atoms with E-state index in [2.05, 4.69) is 17.4 Å². The second kappa shape index (κ2) is 5.20. The number of halogens is 1. The van der Waals surface area contributed by atoms with Gasteiger partial charge in [0.1, 0.15) is 0 Å². The minimum Gasteiger partial charge on any atom is -0.380 e. The molecule has 2 nitrogen and oxygen atoms in total. The van der Waals surface area contributed by atoms with Crippen LogP contribution in [0.5, 0.6) is 0 Å². The smallest absolute Gasteiger partial charge is 0.0724 e. The van der Waals surface area contributed by atoms with Gasteiger partial charge >= 0.3 is 0 Å². The van der Waals surface area contributed by atoms with Crippen LogP contribution in [-0.2, 0) is 17.6 Å². The van der Waals surface area contributed by atoms with Gasteiger partial charge in [0.15, 0.2) is 0 Å². The molecule has 0 aromatic heterocycles. The summed E-state index contributed by atoms with van der Waals surface area (Å²) >= 11 is 6.05. The average Bonchev–Trinajstić information content (AvgIpc) is 2.94. The Labute approximate surface area is 114 Å². The highest BCUT2D eigenvalue weighted by molar-refractivity contribution is 6.30. The molecule has 3 unspecified atom stereocenters. The minimum atomic E-state index is 0.400. The Kier molecular flexibility index (Phi) is 3.60. The SMILES string of the molecule is COC1CCCC1NC1Cc2ccc(Cl)cc2C1. The molecule has 0 heterocycles. The molecule has 0 bridgehead atoms. The highest BCUT2D eigenvalue weighted by atomic mass is 35.5. The fourth-order valence-corrected chi connectivity index (χ4v) is 3.60. The third kappa shape index (κ3) is 2.42. The van der Waals surface area contributed by atoms with Crippen LogP contribution in [0.4, 0.5) is 0 Å². The van der Waals surface area contributed by atoms with Crippen molar-refractivity contribution in [1.29, 1.82) is 0 Å².